The number of benzene rings is 1. The second-order valence-electron chi connectivity index (χ2n) is 2.99. The third-order valence-electron chi connectivity index (χ3n) is 1.98. The van der Waals surface area contributed by atoms with Gasteiger partial charge in [0.15, 0.2) is 0 Å². The number of hydrogen-bond acceptors (Lipinski definition) is 1. The molecule has 0 aromatic heterocycles. The van der Waals surface area contributed by atoms with Crippen molar-refractivity contribution in [3.05, 3.63) is 35.1 Å². The maximum Gasteiger partial charge on any atom is 0.123 e. The van der Waals surface area contributed by atoms with E-state index in [4.69, 9.17) is 5.73 Å². The Balaban J connectivity index is 3.12. The van der Waals surface area contributed by atoms with Gasteiger partial charge in [0.1, 0.15) is 5.82 Å². The van der Waals surface area contributed by atoms with Gasteiger partial charge in [-0.2, -0.15) is 0 Å². The summed E-state index contributed by atoms with van der Waals surface area (Å²) in [5.74, 6) is -0.209. The summed E-state index contributed by atoms with van der Waals surface area (Å²) in [6.07, 6.45) is 0.900. The fraction of sp³-hybridized carbons (Fsp3) is 0.400. The molecular weight excluding hydrogens is 153 g/mol. The van der Waals surface area contributed by atoms with Crippen molar-refractivity contribution >= 4 is 0 Å². The summed E-state index contributed by atoms with van der Waals surface area (Å²) in [6.45, 7) is 3.91. The third-order valence-corrected chi connectivity index (χ3v) is 1.98. The lowest BCUT2D eigenvalue weighted by molar-refractivity contribution is 0.620. The molecule has 0 amide bonds. The predicted molar refractivity (Wildman–Crippen MR) is 48.4 cm³/mol. The summed E-state index contributed by atoms with van der Waals surface area (Å²) in [5, 5.41) is 0. The van der Waals surface area contributed by atoms with Gasteiger partial charge in [-0.25, -0.2) is 4.39 Å². The highest BCUT2D eigenvalue weighted by Gasteiger charge is 2.05. The first kappa shape index (κ1) is 9.20. The van der Waals surface area contributed by atoms with E-state index < -0.39 is 0 Å². The zero-order valence-corrected chi connectivity index (χ0v) is 7.47. The van der Waals surface area contributed by atoms with E-state index >= 15 is 0 Å². The molecule has 0 saturated carbocycles. The van der Waals surface area contributed by atoms with Crippen molar-refractivity contribution in [3.63, 3.8) is 0 Å². The summed E-state index contributed by atoms with van der Waals surface area (Å²) in [7, 11) is 0. The van der Waals surface area contributed by atoms with Crippen LogP contribution in [0.5, 0.6) is 0 Å². The Bertz CT molecular complexity index is 269. The minimum atomic E-state index is -0.209. The fourth-order valence-electron chi connectivity index (χ4n) is 1.31. The molecular formula is C10H14FN. The predicted octanol–water partition coefficient (Wildman–Crippen LogP) is 2.41. The van der Waals surface area contributed by atoms with Gasteiger partial charge in [0.2, 0.25) is 0 Å². The van der Waals surface area contributed by atoms with Gasteiger partial charge in [-0.05, 0) is 36.6 Å². The highest BCUT2D eigenvalue weighted by atomic mass is 19.1. The van der Waals surface area contributed by atoms with Crippen LogP contribution in [0.25, 0.3) is 0 Å². The Morgan fingerprint density at radius 3 is 2.67 bits per heavy atom. The third kappa shape index (κ3) is 1.83. The summed E-state index contributed by atoms with van der Waals surface area (Å²) in [6, 6.07) is 4.71. The van der Waals surface area contributed by atoms with Crippen molar-refractivity contribution in [1.29, 1.82) is 0 Å². The minimum Gasteiger partial charge on any atom is -0.324 e. The molecule has 0 saturated heterocycles. The zero-order chi connectivity index (χ0) is 9.14. The van der Waals surface area contributed by atoms with E-state index in [1.54, 1.807) is 6.07 Å². The maximum atomic E-state index is 12.8. The van der Waals surface area contributed by atoms with Crippen molar-refractivity contribution in [3.8, 4) is 0 Å². The molecule has 0 radical (unpaired) electrons. The lowest BCUT2D eigenvalue weighted by Crippen LogP contribution is -2.08. The summed E-state index contributed by atoms with van der Waals surface area (Å²) in [4.78, 5) is 0. The minimum absolute atomic E-state index is 0.0874. The molecule has 1 atom stereocenters. The molecule has 1 aromatic carbocycles. The van der Waals surface area contributed by atoms with Crippen LogP contribution in [0.2, 0.25) is 0 Å². The van der Waals surface area contributed by atoms with Crippen LogP contribution in [0.4, 0.5) is 4.39 Å². The van der Waals surface area contributed by atoms with Crippen LogP contribution in [0.3, 0.4) is 0 Å². The molecule has 12 heavy (non-hydrogen) atoms. The lowest BCUT2D eigenvalue weighted by atomic mass is 10.0. The first-order valence-corrected chi connectivity index (χ1v) is 4.19. The lowest BCUT2D eigenvalue weighted by Gasteiger charge is -2.10. The van der Waals surface area contributed by atoms with E-state index in [0.717, 1.165) is 17.5 Å². The maximum absolute atomic E-state index is 12.8. The highest BCUT2D eigenvalue weighted by molar-refractivity contribution is 5.30. The molecule has 1 rings (SSSR count). The van der Waals surface area contributed by atoms with Crippen LogP contribution in [-0.4, -0.2) is 0 Å². The quantitative estimate of drug-likeness (QED) is 0.719. The van der Waals surface area contributed by atoms with Crippen molar-refractivity contribution in [2.24, 2.45) is 5.73 Å². The summed E-state index contributed by atoms with van der Waals surface area (Å²) in [5.41, 5.74) is 7.74. The van der Waals surface area contributed by atoms with E-state index in [2.05, 4.69) is 0 Å². The Kier molecular flexibility index (Phi) is 2.82. The Morgan fingerprint density at radius 2 is 2.17 bits per heavy atom. The number of rotatable bonds is 2. The molecule has 1 aromatic rings. The van der Waals surface area contributed by atoms with Gasteiger partial charge in [0, 0.05) is 6.04 Å². The SMILES string of the molecule is CCc1ccc(F)cc1[C@H](C)N. The standard InChI is InChI=1S/C10H14FN/c1-3-8-4-5-9(11)6-10(8)7(2)12/h4-7H,3,12H2,1-2H3/t7-/m0/s1. The van der Waals surface area contributed by atoms with Crippen molar-refractivity contribution in [2.45, 2.75) is 26.3 Å². The van der Waals surface area contributed by atoms with Gasteiger partial charge in [-0.1, -0.05) is 13.0 Å². The van der Waals surface area contributed by atoms with Gasteiger partial charge in [0.25, 0.3) is 0 Å². The van der Waals surface area contributed by atoms with Gasteiger partial charge in [-0.3, -0.25) is 0 Å². The van der Waals surface area contributed by atoms with Crippen LogP contribution in [0, 0.1) is 5.82 Å². The van der Waals surface area contributed by atoms with E-state index in [1.807, 2.05) is 13.8 Å². The first-order chi connectivity index (χ1) is 5.65. The number of halogens is 1. The second-order valence-corrected chi connectivity index (χ2v) is 2.99. The average molecular weight is 167 g/mol. The highest BCUT2D eigenvalue weighted by Crippen LogP contribution is 2.17. The molecule has 0 bridgehead atoms. The molecule has 0 aliphatic carbocycles. The molecule has 66 valence electrons. The van der Waals surface area contributed by atoms with Gasteiger partial charge < -0.3 is 5.73 Å². The van der Waals surface area contributed by atoms with Crippen molar-refractivity contribution in [1.82, 2.24) is 0 Å². The second kappa shape index (κ2) is 3.68. The van der Waals surface area contributed by atoms with Crippen LogP contribution < -0.4 is 5.73 Å². The molecule has 0 aliphatic heterocycles. The largest absolute Gasteiger partial charge is 0.324 e. The fourth-order valence-corrected chi connectivity index (χ4v) is 1.31. The molecule has 0 spiro atoms. The smallest absolute Gasteiger partial charge is 0.123 e. The van der Waals surface area contributed by atoms with Gasteiger partial charge >= 0.3 is 0 Å². The molecule has 0 heterocycles. The molecule has 1 nitrogen and oxygen atoms in total. The van der Waals surface area contributed by atoms with Gasteiger partial charge in [-0.15, -0.1) is 0 Å². The number of hydrogen-bond donors (Lipinski definition) is 1. The molecule has 2 heteroatoms. The van der Waals surface area contributed by atoms with E-state index in [9.17, 15) is 4.39 Å². The first-order valence-electron chi connectivity index (χ1n) is 4.19. The van der Waals surface area contributed by atoms with Crippen LogP contribution in [0.1, 0.15) is 31.0 Å². The molecule has 0 fully saturated rings. The monoisotopic (exact) mass is 167 g/mol. The van der Waals surface area contributed by atoms with Crippen LogP contribution >= 0.6 is 0 Å². The van der Waals surface area contributed by atoms with E-state index in [1.165, 1.54) is 12.1 Å². The number of aryl methyl sites for hydroxylation is 1. The van der Waals surface area contributed by atoms with E-state index in [0.29, 0.717) is 0 Å². The summed E-state index contributed by atoms with van der Waals surface area (Å²) < 4.78 is 12.8. The van der Waals surface area contributed by atoms with Crippen LogP contribution in [-0.2, 0) is 6.42 Å². The van der Waals surface area contributed by atoms with Crippen LogP contribution in [0.15, 0.2) is 18.2 Å². The van der Waals surface area contributed by atoms with Gasteiger partial charge in [0.05, 0.1) is 0 Å². The molecule has 0 unspecified atom stereocenters. The van der Waals surface area contributed by atoms with E-state index in [-0.39, 0.29) is 11.9 Å². The molecule has 0 aliphatic rings. The van der Waals surface area contributed by atoms with Crippen molar-refractivity contribution < 1.29 is 4.39 Å². The molecule has 2 N–H and O–H groups in total. The Morgan fingerprint density at radius 1 is 1.50 bits per heavy atom. The average Bonchev–Trinajstić information content (AvgIpc) is 2.04. The number of nitrogens with two attached hydrogens (primary N) is 1. The Hall–Kier alpha value is -0.890. The Labute approximate surface area is 72.4 Å². The summed E-state index contributed by atoms with van der Waals surface area (Å²) >= 11 is 0. The topological polar surface area (TPSA) is 26.0 Å². The zero-order valence-electron chi connectivity index (χ0n) is 7.47. The van der Waals surface area contributed by atoms with Crippen molar-refractivity contribution in [2.75, 3.05) is 0 Å². The normalized spacial score (nSPS) is 13.0.